The zero-order chi connectivity index (χ0) is 23.9. The smallest absolute Gasteiger partial charge is 0.137 e. The quantitative estimate of drug-likeness (QED) is 0.489. The van der Waals surface area contributed by atoms with E-state index in [1.807, 2.05) is 60.7 Å². The van der Waals surface area contributed by atoms with Crippen molar-refractivity contribution in [3.05, 3.63) is 71.8 Å². The molecule has 1 N–H and O–H groups in total. The molecule has 4 rings (SSSR count). The fraction of sp³-hybridized carbons (Fsp3) is 0.370. The third-order valence-electron chi connectivity index (χ3n) is 6.31. The van der Waals surface area contributed by atoms with E-state index in [0.717, 1.165) is 33.4 Å². The number of rotatable bonds is 9. The molecule has 3 aromatic carbocycles. The van der Waals surface area contributed by atoms with Gasteiger partial charge in [0.2, 0.25) is 0 Å². The Morgan fingerprint density at radius 1 is 1.12 bits per heavy atom. The van der Waals surface area contributed by atoms with Crippen LogP contribution in [0.1, 0.15) is 29.9 Å². The summed E-state index contributed by atoms with van der Waals surface area (Å²) in [7, 11) is 1.65. The number of nitrogens with zero attached hydrogens (tertiary/aromatic N) is 1. The van der Waals surface area contributed by atoms with Crippen molar-refractivity contribution in [1.29, 1.82) is 0 Å². The van der Waals surface area contributed by atoms with Crippen molar-refractivity contribution in [3.8, 4) is 11.5 Å². The molecule has 0 radical (unpaired) electrons. The van der Waals surface area contributed by atoms with Crippen LogP contribution in [-0.4, -0.2) is 55.6 Å². The summed E-state index contributed by atoms with van der Waals surface area (Å²) < 4.78 is 17.7. The van der Waals surface area contributed by atoms with Crippen LogP contribution in [0.3, 0.4) is 0 Å². The van der Waals surface area contributed by atoms with Crippen LogP contribution in [0, 0.1) is 0 Å². The second kappa shape index (κ2) is 11.2. The highest BCUT2D eigenvalue weighted by Crippen LogP contribution is 2.34. The lowest BCUT2D eigenvalue weighted by molar-refractivity contribution is -0.268. The van der Waals surface area contributed by atoms with Crippen LogP contribution in [0.25, 0.3) is 10.8 Å². The molecule has 34 heavy (non-hydrogen) atoms. The van der Waals surface area contributed by atoms with Crippen LogP contribution in [0.5, 0.6) is 11.5 Å². The van der Waals surface area contributed by atoms with Gasteiger partial charge in [0.15, 0.2) is 0 Å². The summed E-state index contributed by atoms with van der Waals surface area (Å²) in [6, 6.07) is 19.9. The van der Waals surface area contributed by atoms with Crippen molar-refractivity contribution in [1.82, 2.24) is 4.90 Å². The van der Waals surface area contributed by atoms with Crippen molar-refractivity contribution >= 4 is 16.9 Å². The SMILES string of the molecule is COc1c(COC2CN(C(=O)[O-])CCC2c2ccc(OCCCO)cc2)ccc2ccccc12. The maximum Gasteiger partial charge on any atom is 0.137 e. The zero-order valence-electron chi connectivity index (χ0n) is 19.3. The Balaban J connectivity index is 1.52. The Morgan fingerprint density at radius 3 is 2.65 bits per heavy atom. The molecule has 0 saturated carbocycles. The Hall–Kier alpha value is -3.29. The fourth-order valence-electron chi connectivity index (χ4n) is 4.54. The minimum atomic E-state index is -1.18. The van der Waals surface area contributed by atoms with Crippen LogP contribution in [0.2, 0.25) is 0 Å². The summed E-state index contributed by atoms with van der Waals surface area (Å²) in [6.45, 7) is 1.51. The van der Waals surface area contributed by atoms with Crippen molar-refractivity contribution in [2.24, 2.45) is 0 Å². The second-order valence-corrected chi connectivity index (χ2v) is 8.43. The van der Waals surface area contributed by atoms with E-state index in [2.05, 4.69) is 0 Å². The van der Waals surface area contributed by atoms with Crippen molar-refractivity contribution in [2.75, 3.05) is 33.4 Å². The number of aliphatic hydroxyl groups excluding tert-OH is 1. The predicted octanol–water partition coefficient (Wildman–Crippen LogP) is 3.33. The van der Waals surface area contributed by atoms with Gasteiger partial charge in [-0.3, -0.25) is 0 Å². The Kier molecular flexibility index (Phi) is 7.87. The number of aliphatic hydroxyl groups is 1. The standard InChI is InChI=1S/C27H31NO6/c1-32-26-21(8-7-19-5-2-3-6-24(19)26)18-34-25-17-28(27(30)31)14-13-23(25)20-9-11-22(12-10-20)33-16-4-15-29/h2-3,5-12,23,25,29H,4,13-18H2,1H3,(H,30,31)/p-1. The lowest BCUT2D eigenvalue weighted by Crippen LogP contribution is -2.51. The monoisotopic (exact) mass is 464 g/mol. The highest BCUT2D eigenvalue weighted by molar-refractivity contribution is 5.89. The number of amides is 1. The lowest BCUT2D eigenvalue weighted by atomic mass is 9.87. The molecule has 2 atom stereocenters. The van der Waals surface area contributed by atoms with Crippen LogP contribution in [0.15, 0.2) is 60.7 Å². The van der Waals surface area contributed by atoms with E-state index in [-0.39, 0.29) is 25.2 Å². The number of piperidine rings is 1. The Labute approximate surface area is 199 Å². The van der Waals surface area contributed by atoms with Crippen molar-refractivity contribution in [3.63, 3.8) is 0 Å². The van der Waals surface area contributed by atoms with Crippen LogP contribution in [0.4, 0.5) is 4.79 Å². The van der Waals surface area contributed by atoms with Crippen LogP contribution in [-0.2, 0) is 11.3 Å². The largest absolute Gasteiger partial charge is 0.530 e. The summed E-state index contributed by atoms with van der Waals surface area (Å²) in [5.41, 5.74) is 1.99. The molecule has 0 spiro atoms. The first-order chi connectivity index (χ1) is 16.6. The molecule has 180 valence electrons. The molecule has 1 aliphatic rings. The van der Waals surface area contributed by atoms with Gasteiger partial charge in [0.05, 0.1) is 26.4 Å². The minimum Gasteiger partial charge on any atom is -0.530 e. The zero-order valence-corrected chi connectivity index (χ0v) is 19.3. The van der Waals surface area contributed by atoms with Gasteiger partial charge >= 0.3 is 0 Å². The number of methoxy groups -OCH3 is 1. The number of carbonyl (C=O) groups excluding carboxylic acids is 1. The summed E-state index contributed by atoms with van der Waals surface area (Å²) >= 11 is 0. The highest BCUT2D eigenvalue weighted by atomic mass is 16.5. The first kappa shape index (κ1) is 23.9. The molecule has 7 nitrogen and oxygen atoms in total. The summed E-state index contributed by atoms with van der Waals surface area (Å²) in [5.74, 6) is 1.54. The van der Waals surface area contributed by atoms with Gasteiger partial charge in [-0.2, -0.15) is 0 Å². The molecule has 3 aromatic rings. The average molecular weight is 465 g/mol. The summed E-state index contributed by atoms with van der Waals surface area (Å²) in [6.07, 6.45) is -0.289. The minimum absolute atomic E-state index is 0.0357. The van der Waals surface area contributed by atoms with Crippen LogP contribution < -0.4 is 14.6 Å². The van der Waals surface area contributed by atoms with Gasteiger partial charge in [-0.1, -0.05) is 48.5 Å². The first-order valence-electron chi connectivity index (χ1n) is 11.6. The molecular weight excluding hydrogens is 434 g/mol. The van der Waals surface area contributed by atoms with E-state index in [9.17, 15) is 9.90 Å². The van der Waals surface area contributed by atoms with Crippen molar-refractivity contribution < 1.29 is 29.2 Å². The molecule has 1 aliphatic heterocycles. The Morgan fingerprint density at radius 2 is 1.91 bits per heavy atom. The van der Waals surface area contributed by atoms with Crippen molar-refractivity contribution in [2.45, 2.75) is 31.5 Å². The molecule has 1 heterocycles. The number of hydrogen-bond acceptors (Lipinski definition) is 6. The van der Waals surface area contributed by atoms with E-state index >= 15 is 0 Å². The third kappa shape index (κ3) is 5.43. The third-order valence-corrected chi connectivity index (χ3v) is 6.31. The number of carboxylic acid groups (broad SMARTS) is 1. The van der Waals surface area contributed by atoms with Gasteiger partial charge in [-0.15, -0.1) is 0 Å². The molecular formula is C27H30NO6-. The summed E-state index contributed by atoms with van der Waals surface area (Å²) in [5, 5.41) is 22.6. The number of likely N-dealkylation sites (tertiary alicyclic amines) is 1. The number of benzene rings is 3. The molecule has 0 aliphatic carbocycles. The maximum absolute atomic E-state index is 11.5. The predicted molar refractivity (Wildman–Crippen MR) is 127 cm³/mol. The molecule has 0 aromatic heterocycles. The van der Waals surface area contributed by atoms with Gasteiger partial charge in [0.25, 0.3) is 0 Å². The molecule has 1 amide bonds. The van der Waals surface area contributed by atoms with Gasteiger partial charge in [-0.05, 0) is 29.5 Å². The number of ether oxygens (including phenoxy) is 3. The van der Waals surface area contributed by atoms with E-state index in [1.165, 1.54) is 4.90 Å². The van der Waals surface area contributed by atoms with Gasteiger partial charge < -0.3 is 34.1 Å². The van der Waals surface area contributed by atoms with E-state index < -0.39 is 6.09 Å². The fourth-order valence-corrected chi connectivity index (χ4v) is 4.54. The van der Waals surface area contributed by atoms with E-state index in [1.54, 1.807) is 7.11 Å². The average Bonchev–Trinajstić information content (AvgIpc) is 2.87. The first-order valence-corrected chi connectivity index (χ1v) is 11.6. The molecule has 2 unspecified atom stereocenters. The molecule has 0 bridgehead atoms. The number of hydrogen-bond donors (Lipinski definition) is 1. The van der Waals surface area contributed by atoms with Gasteiger partial charge in [0.1, 0.15) is 17.6 Å². The Bertz CT molecular complexity index is 1100. The lowest BCUT2D eigenvalue weighted by Gasteiger charge is -2.40. The van der Waals surface area contributed by atoms with Gasteiger partial charge in [0, 0.05) is 43.0 Å². The molecule has 7 heteroatoms. The highest BCUT2D eigenvalue weighted by Gasteiger charge is 2.31. The van der Waals surface area contributed by atoms with Crippen LogP contribution >= 0.6 is 0 Å². The molecule has 1 fully saturated rings. The van der Waals surface area contributed by atoms with E-state index in [0.29, 0.717) is 32.6 Å². The normalized spacial score (nSPS) is 18.1. The van der Waals surface area contributed by atoms with E-state index in [4.69, 9.17) is 19.3 Å². The molecule has 1 saturated heterocycles. The van der Waals surface area contributed by atoms with Gasteiger partial charge in [-0.25, -0.2) is 0 Å². The number of carbonyl (C=O) groups is 1. The number of fused-ring (bicyclic) bond motifs is 1. The maximum atomic E-state index is 11.5. The summed E-state index contributed by atoms with van der Waals surface area (Å²) in [4.78, 5) is 12.8. The second-order valence-electron chi connectivity index (χ2n) is 8.43. The topological polar surface area (TPSA) is 91.3 Å².